The molecule has 0 aliphatic heterocycles. The number of guanidine groups is 1. The lowest BCUT2D eigenvalue weighted by Gasteiger charge is -2.12. The van der Waals surface area contributed by atoms with Crippen molar-refractivity contribution >= 4 is 23.6 Å². The number of nitrogens with one attached hydrogen (secondary N) is 3. The molecule has 0 aliphatic carbocycles. The Morgan fingerprint density at radius 3 is 2.39 bits per heavy atom. The van der Waals surface area contributed by atoms with Crippen LogP contribution in [0.25, 0.3) is 0 Å². The van der Waals surface area contributed by atoms with Crippen molar-refractivity contribution in [1.29, 1.82) is 0 Å². The summed E-state index contributed by atoms with van der Waals surface area (Å²) in [5.41, 5.74) is 1.80. The van der Waals surface area contributed by atoms with Crippen molar-refractivity contribution in [2.45, 2.75) is 31.2 Å². The minimum absolute atomic E-state index is 0.0126. The van der Waals surface area contributed by atoms with Crippen LogP contribution in [0, 0.1) is 0 Å². The van der Waals surface area contributed by atoms with Crippen LogP contribution >= 0.6 is 11.8 Å². The van der Waals surface area contributed by atoms with Crippen LogP contribution in [0.5, 0.6) is 0 Å². The molecular formula is C22H30N4OS. The van der Waals surface area contributed by atoms with Crippen LogP contribution < -0.4 is 16.0 Å². The second kappa shape index (κ2) is 12.8. The van der Waals surface area contributed by atoms with Gasteiger partial charge >= 0.3 is 0 Å². The number of thioether (sulfide) groups is 1. The Morgan fingerprint density at radius 2 is 1.71 bits per heavy atom. The number of hydrogen-bond donors (Lipinski definition) is 3. The number of amides is 1. The molecule has 0 aromatic heterocycles. The highest BCUT2D eigenvalue weighted by atomic mass is 32.2. The minimum atomic E-state index is -0.0126. The molecule has 0 radical (unpaired) electrons. The first-order valence-electron chi connectivity index (χ1n) is 9.72. The fourth-order valence-electron chi connectivity index (χ4n) is 2.52. The number of carbonyl (C=O) groups is 1. The second-order valence-electron chi connectivity index (χ2n) is 6.32. The number of aliphatic imine (C=N–C) groups is 1. The van der Waals surface area contributed by atoms with Crippen molar-refractivity contribution in [2.75, 3.05) is 25.9 Å². The molecule has 1 amide bonds. The van der Waals surface area contributed by atoms with Gasteiger partial charge in [-0.25, -0.2) is 0 Å². The van der Waals surface area contributed by atoms with E-state index in [2.05, 4.69) is 52.1 Å². The van der Waals surface area contributed by atoms with Gasteiger partial charge in [0.15, 0.2) is 5.96 Å². The SMILES string of the molecule is CCCCNC(=O)c1ccc(CNC(=NC)NCCSc2ccccc2)cc1. The van der Waals surface area contributed by atoms with Gasteiger partial charge < -0.3 is 16.0 Å². The van der Waals surface area contributed by atoms with E-state index in [1.807, 2.05) is 42.1 Å². The van der Waals surface area contributed by atoms with Gasteiger partial charge in [0.25, 0.3) is 5.91 Å². The summed E-state index contributed by atoms with van der Waals surface area (Å²) in [7, 11) is 1.77. The summed E-state index contributed by atoms with van der Waals surface area (Å²) in [6.07, 6.45) is 2.08. The van der Waals surface area contributed by atoms with Crippen LogP contribution in [0.2, 0.25) is 0 Å². The van der Waals surface area contributed by atoms with Crippen molar-refractivity contribution < 1.29 is 4.79 Å². The number of carbonyl (C=O) groups excluding carboxylic acids is 1. The van der Waals surface area contributed by atoms with Crippen LogP contribution in [0.4, 0.5) is 0 Å². The van der Waals surface area contributed by atoms with Crippen LogP contribution in [0.3, 0.4) is 0 Å². The third kappa shape index (κ3) is 8.05. The summed E-state index contributed by atoms with van der Waals surface area (Å²) >= 11 is 1.82. The zero-order valence-corrected chi connectivity index (χ0v) is 17.5. The molecule has 2 aromatic carbocycles. The van der Waals surface area contributed by atoms with Gasteiger partial charge in [0.1, 0.15) is 0 Å². The number of unbranched alkanes of at least 4 members (excludes halogenated alkanes) is 1. The highest BCUT2D eigenvalue weighted by Crippen LogP contribution is 2.15. The summed E-state index contributed by atoms with van der Waals surface area (Å²) in [4.78, 5) is 17.6. The van der Waals surface area contributed by atoms with E-state index in [9.17, 15) is 4.79 Å². The monoisotopic (exact) mass is 398 g/mol. The van der Waals surface area contributed by atoms with Gasteiger partial charge in [0.2, 0.25) is 0 Å². The van der Waals surface area contributed by atoms with Crippen LogP contribution in [-0.4, -0.2) is 37.8 Å². The maximum atomic E-state index is 12.0. The van der Waals surface area contributed by atoms with Gasteiger partial charge in [-0.3, -0.25) is 9.79 Å². The Balaban J connectivity index is 1.70. The Kier molecular flexibility index (Phi) is 10.0. The topological polar surface area (TPSA) is 65.5 Å². The molecule has 2 aromatic rings. The first kappa shape index (κ1) is 21.8. The van der Waals surface area contributed by atoms with Gasteiger partial charge in [-0.15, -0.1) is 11.8 Å². The van der Waals surface area contributed by atoms with Crippen LogP contribution in [0.1, 0.15) is 35.7 Å². The normalized spacial score (nSPS) is 11.1. The molecule has 3 N–H and O–H groups in total. The third-order valence-corrected chi connectivity index (χ3v) is 5.14. The van der Waals surface area contributed by atoms with E-state index in [0.29, 0.717) is 12.1 Å². The Bertz CT molecular complexity index is 732. The lowest BCUT2D eigenvalue weighted by atomic mass is 10.1. The highest BCUT2D eigenvalue weighted by molar-refractivity contribution is 7.99. The molecule has 0 saturated carbocycles. The molecule has 0 atom stereocenters. The van der Waals surface area contributed by atoms with E-state index in [1.165, 1.54) is 4.90 Å². The lowest BCUT2D eigenvalue weighted by Crippen LogP contribution is -2.37. The van der Waals surface area contributed by atoms with Crippen LogP contribution in [0.15, 0.2) is 64.5 Å². The average Bonchev–Trinajstić information content (AvgIpc) is 2.74. The Morgan fingerprint density at radius 1 is 0.964 bits per heavy atom. The molecule has 0 aliphatic rings. The molecule has 0 saturated heterocycles. The molecule has 0 bridgehead atoms. The Hall–Kier alpha value is -2.47. The number of rotatable bonds is 10. The smallest absolute Gasteiger partial charge is 0.251 e. The van der Waals surface area contributed by atoms with E-state index in [-0.39, 0.29) is 5.91 Å². The van der Waals surface area contributed by atoms with Gasteiger partial charge in [0, 0.05) is 42.9 Å². The highest BCUT2D eigenvalue weighted by Gasteiger charge is 2.05. The molecule has 0 heterocycles. The molecule has 5 nitrogen and oxygen atoms in total. The van der Waals surface area contributed by atoms with E-state index in [1.54, 1.807) is 7.05 Å². The maximum absolute atomic E-state index is 12.0. The fourth-order valence-corrected chi connectivity index (χ4v) is 3.31. The molecule has 2 rings (SSSR count). The lowest BCUT2D eigenvalue weighted by molar-refractivity contribution is 0.0953. The predicted molar refractivity (Wildman–Crippen MR) is 119 cm³/mol. The van der Waals surface area contributed by atoms with Crippen molar-refractivity contribution in [2.24, 2.45) is 4.99 Å². The molecule has 28 heavy (non-hydrogen) atoms. The van der Waals surface area contributed by atoms with Crippen LogP contribution in [-0.2, 0) is 6.54 Å². The number of benzene rings is 2. The molecule has 150 valence electrons. The van der Waals surface area contributed by atoms with Crippen molar-refractivity contribution in [3.63, 3.8) is 0 Å². The summed E-state index contributed by atoms with van der Waals surface area (Å²) in [5, 5.41) is 9.56. The minimum Gasteiger partial charge on any atom is -0.356 e. The molecule has 0 fully saturated rings. The third-order valence-electron chi connectivity index (χ3n) is 4.12. The van der Waals surface area contributed by atoms with E-state index >= 15 is 0 Å². The number of nitrogens with zero attached hydrogens (tertiary/aromatic N) is 1. The summed E-state index contributed by atoms with van der Waals surface area (Å²) < 4.78 is 0. The quantitative estimate of drug-likeness (QED) is 0.247. The van der Waals surface area contributed by atoms with Crippen molar-refractivity contribution in [3.8, 4) is 0 Å². The van der Waals surface area contributed by atoms with Gasteiger partial charge in [-0.05, 0) is 36.2 Å². The molecule has 0 spiro atoms. The first-order chi connectivity index (χ1) is 13.7. The summed E-state index contributed by atoms with van der Waals surface area (Å²) in [6, 6.07) is 18.0. The average molecular weight is 399 g/mol. The predicted octanol–water partition coefficient (Wildman–Crippen LogP) is 3.67. The molecular weight excluding hydrogens is 368 g/mol. The van der Waals surface area contributed by atoms with E-state index in [0.717, 1.165) is 43.2 Å². The van der Waals surface area contributed by atoms with Crippen molar-refractivity contribution in [3.05, 3.63) is 65.7 Å². The number of hydrogen-bond acceptors (Lipinski definition) is 3. The van der Waals surface area contributed by atoms with Crippen molar-refractivity contribution in [1.82, 2.24) is 16.0 Å². The zero-order chi connectivity index (χ0) is 20.0. The summed E-state index contributed by atoms with van der Waals surface area (Å²) in [6.45, 7) is 4.32. The van der Waals surface area contributed by atoms with E-state index in [4.69, 9.17) is 0 Å². The van der Waals surface area contributed by atoms with Gasteiger partial charge in [-0.1, -0.05) is 43.7 Å². The molecule has 6 heteroatoms. The first-order valence-corrected chi connectivity index (χ1v) is 10.7. The standard InChI is InChI=1S/C22H30N4OS/c1-3-4-14-24-21(27)19-12-10-18(11-13-19)17-26-22(23-2)25-15-16-28-20-8-6-5-7-9-20/h5-13H,3-4,14-17H2,1-2H3,(H,24,27)(H2,23,25,26). The van der Waals surface area contributed by atoms with Gasteiger partial charge in [-0.2, -0.15) is 0 Å². The Labute approximate surface area is 172 Å². The van der Waals surface area contributed by atoms with E-state index < -0.39 is 0 Å². The maximum Gasteiger partial charge on any atom is 0.251 e. The molecule has 0 unspecified atom stereocenters. The summed E-state index contributed by atoms with van der Waals surface area (Å²) in [5.74, 6) is 1.73. The van der Waals surface area contributed by atoms with Gasteiger partial charge in [0.05, 0.1) is 0 Å². The second-order valence-corrected chi connectivity index (χ2v) is 7.49. The zero-order valence-electron chi connectivity index (χ0n) is 16.7. The fraction of sp³-hybridized carbons (Fsp3) is 0.364. The largest absolute Gasteiger partial charge is 0.356 e.